The van der Waals surface area contributed by atoms with Crippen LogP contribution in [0.25, 0.3) is 10.8 Å². The Kier molecular flexibility index (Phi) is 3.59. The van der Waals surface area contributed by atoms with Crippen LogP contribution < -0.4 is 4.90 Å². The molecule has 4 heteroatoms. The molecule has 0 aliphatic heterocycles. The molecular weight excluding hydrogens is 326 g/mol. The number of aromatic nitrogens is 1. The van der Waals surface area contributed by atoms with E-state index >= 15 is 0 Å². The summed E-state index contributed by atoms with van der Waals surface area (Å²) in [5.74, 6) is 0.865. The lowest BCUT2D eigenvalue weighted by atomic mass is 10.1. The maximum absolute atomic E-state index is 9.03. The Bertz CT molecular complexity index is 852. The number of hydrogen-bond acceptors (Lipinski definition) is 3. The molecule has 0 N–H and O–H groups in total. The lowest BCUT2D eigenvalue weighted by Gasteiger charge is -2.20. The van der Waals surface area contributed by atoms with Crippen LogP contribution in [-0.4, -0.2) is 12.0 Å². The summed E-state index contributed by atoms with van der Waals surface area (Å²) in [5.41, 5.74) is 1.58. The van der Waals surface area contributed by atoms with Crippen LogP contribution in [0.3, 0.4) is 0 Å². The lowest BCUT2D eigenvalue weighted by Crippen LogP contribution is -2.11. The third-order valence-corrected chi connectivity index (χ3v) is 4.10. The zero-order chi connectivity index (χ0) is 14.8. The van der Waals surface area contributed by atoms with Crippen molar-refractivity contribution in [2.24, 2.45) is 0 Å². The van der Waals surface area contributed by atoms with Crippen molar-refractivity contribution in [2.75, 3.05) is 11.9 Å². The summed E-state index contributed by atoms with van der Waals surface area (Å²) in [6.45, 7) is 0. The molecule has 21 heavy (non-hydrogen) atoms. The number of pyridine rings is 1. The second-order valence-corrected chi connectivity index (χ2v) is 5.55. The summed E-state index contributed by atoms with van der Waals surface area (Å²) in [4.78, 5) is 6.50. The third kappa shape index (κ3) is 2.48. The summed E-state index contributed by atoms with van der Waals surface area (Å²) < 4.78 is 1.04. The fraction of sp³-hybridized carbons (Fsp3) is 0.0588. The Morgan fingerprint density at radius 3 is 2.71 bits per heavy atom. The first-order valence-electron chi connectivity index (χ1n) is 6.48. The zero-order valence-electron chi connectivity index (χ0n) is 11.4. The third-order valence-electron chi connectivity index (χ3n) is 3.41. The van der Waals surface area contributed by atoms with Crippen molar-refractivity contribution in [2.45, 2.75) is 0 Å². The molecule has 0 radical (unpaired) electrons. The van der Waals surface area contributed by atoms with Crippen molar-refractivity contribution in [3.63, 3.8) is 0 Å². The van der Waals surface area contributed by atoms with E-state index in [9.17, 15) is 0 Å². The Balaban J connectivity index is 2.16. The SMILES string of the molecule is CN(c1cccc(C#N)c1)c1nccc2c(Br)cccc12. The molecule has 0 saturated carbocycles. The molecule has 102 valence electrons. The van der Waals surface area contributed by atoms with Gasteiger partial charge in [0.1, 0.15) is 5.82 Å². The number of rotatable bonds is 2. The molecule has 2 aromatic carbocycles. The van der Waals surface area contributed by atoms with Crippen molar-refractivity contribution in [1.29, 1.82) is 5.26 Å². The summed E-state index contributed by atoms with van der Waals surface area (Å²) in [7, 11) is 1.96. The molecule has 1 aromatic heterocycles. The van der Waals surface area contributed by atoms with Crippen LogP contribution in [0, 0.1) is 11.3 Å². The highest BCUT2D eigenvalue weighted by molar-refractivity contribution is 9.10. The number of benzene rings is 2. The molecule has 0 atom stereocenters. The Morgan fingerprint density at radius 1 is 1.10 bits per heavy atom. The molecule has 3 aromatic rings. The Morgan fingerprint density at radius 2 is 1.90 bits per heavy atom. The van der Waals surface area contributed by atoms with Gasteiger partial charge in [0.05, 0.1) is 11.6 Å². The normalized spacial score (nSPS) is 10.3. The monoisotopic (exact) mass is 337 g/mol. The van der Waals surface area contributed by atoms with Crippen LogP contribution in [-0.2, 0) is 0 Å². The standard InChI is InChI=1S/C17H12BrN3/c1-21(13-5-2-4-12(10-13)11-19)17-15-6-3-7-16(18)14(15)8-9-20-17/h2-10H,1H3. The molecule has 3 nitrogen and oxygen atoms in total. The van der Waals surface area contributed by atoms with E-state index in [1.54, 1.807) is 12.3 Å². The van der Waals surface area contributed by atoms with Crippen molar-refractivity contribution in [3.8, 4) is 6.07 Å². The topological polar surface area (TPSA) is 39.9 Å². The number of nitrogens with zero attached hydrogens (tertiary/aromatic N) is 3. The first-order chi connectivity index (χ1) is 10.2. The van der Waals surface area contributed by atoms with Crippen LogP contribution >= 0.6 is 15.9 Å². The number of halogens is 1. The van der Waals surface area contributed by atoms with Gasteiger partial charge < -0.3 is 4.90 Å². The Labute approximate surface area is 131 Å². The van der Waals surface area contributed by atoms with Gasteiger partial charge in [0, 0.05) is 34.2 Å². The van der Waals surface area contributed by atoms with E-state index in [-0.39, 0.29) is 0 Å². The van der Waals surface area contributed by atoms with Crippen molar-refractivity contribution in [1.82, 2.24) is 4.98 Å². The van der Waals surface area contributed by atoms with Gasteiger partial charge in [0.15, 0.2) is 0 Å². The molecule has 0 aliphatic carbocycles. The predicted octanol–water partition coefficient (Wildman–Crippen LogP) is 4.64. The highest BCUT2D eigenvalue weighted by Crippen LogP contribution is 2.32. The van der Waals surface area contributed by atoms with Gasteiger partial charge in [-0.25, -0.2) is 4.98 Å². The summed E-state index contributed by atoms with van der Waals surface area (Å²) in [5, 5.41) is 11.2. The summed E-state index contributed by atoms with van der Waals surface area (Å²) in [6, 6.07) is 17.7. The van der Waals surface area contributed by atoms with Gasteiger partial charge in [-0.2, -0.15) is 5.26 Å². The minimum Gasteiger partial charge on any atom is -0.329 e. The smallest absolute Gasteiger partial charge is 0.140 e. The molecule has 0 aliphatic rings. The largest absolute Gasteiger partial charge is 0.329 e. The fourth-order valence-electron chi connectivity index (χ4n) is 2.33. The molecule has 0 saturated heterocycles. The zero-order valence-corrected chi connectivity index (χ0v) is 13.0. The van der Waals surface area contributed by atoms with E-state index in [1.165, 1.54) is 0 Å². The van der Waals surface area contributed by atoms with E-state index in [2.05, 4.69) is 27.0 Å². The molecule has 0 amide bonds. The van der Waals surface area contributed by atoms with Crippen molar-refractivity contribution in [3.05, 3.63) is 64.8 Å². The van der Waals surface area contributed by atoms with Crippen molar-refractivity contribution >= 4 is 38.2 Å². The second kappa shape index (κ2) is 5.55. The molecule has 0 bridgehead atoms. The Hall–Kier alpha value is -2.38. The molecule has 3 rings (SSSR count). The number of anilines is 2. The molecule has 0 unspecified atom stereocenters. The predicted molar refractivity (Wildman–Crippen MR) is 88.7 cm³/mol. The molecule has 1 heterocycles. The van der Waals surface area contributed by atoms with Gasteiger partial charge in [-0.1, -0.05) is 34.1 Å². The van der Waals surface area contributed by atoms with Gasteiger partial charge in [0.25, 0.3) is 0 Å². The van der Waals surface area contributed by atoms with E-state index < -0.39 is 0 Å². The van der Waals surface area contributed by atoms with Crippen molar-refractivity contribution < 1.29 is 0 Å². The van der Waals surface area contributed by atoms with Crippen LogP contribution in [0.1, 0.15) is 5.56 Å². The first kappa shape index (κ1) is 13.6. The number of nitriles is 1. The fourth-order valence-corrected chi connectivity index (χ4v) is 2.83. The van der Waals surface area contributed by atoms with E-state index in [1.807, 2.05) is 54.4 Å². The van der Waals surface area contributed by atoms with Gasteiger partial charge in [-0.15, -0.1) is 0 Å². The minimum absolute atomic E-state index is 0.640. The quantitative estimate of drug-likeness (QED) is 0.684. The van der Waals surface area contributed by atoms with Gasteiger partial charge in [0.2, 0.25) is 0 Å². The van der Waals surface area contributed by atoms with E-state index in [4.69, 9.17) is 5.26 Å². The average Bonchev–Trinajstić information content (AvgIpc) is 2.54. The molecule has 0 fully saturated rings. The summed E-state index contributed by atoms with van der Waals surface area (Å²) in [6.07, 6.45) is 1.80. The molecule has 0 spiro atoms. The highest BCUT2D eigenvalue weighted by atomic mass is 79.9. The van der Waals surface area contributed by atoms with Crippen LogP contribution in [0.5, 0.6) is 0 Å². The second-order valence-electron chi connectivity index (χ2n) is 4.69. The summed E-state index contributed by atoms with van der Waals surface area (Å²) >= 11 is 3.57. The maximum atomic E-state index is 9.03. The minimum atomic E-state index is 0.640. The highest BCUT2D eigenvalue weighted by Gasteiger charge is 2.11. The average molecular weight is 338 g/mol. The van der Waals surface area contributed by atoms with Gasteiger partial charge in [-0.3, -0.25) is 0 Å². The van der Waals surface area contributed by atoms with Crippen LogP contribution in [0.2, 0.25) is 0 Å². The lowest BCUT2D eigenvalue weighted by molar-refractivity contribution is 1.14. The van der Waals surface area contributed by atoms with Gasteiger partial charge >= 0.3 is 0 Å². The molecular formula is C17H12BrN3. The number of fused-ring (bicyclic) bond motifs is 1. The number of hydrogen-bond donors (Lipinski definition) is 0. The maximum Gasteiger partial charge on any atom is 0.140 e. The van der Waals surface area contributed by atoms with E-state index in [0.717, 1.165) is 26.8 Å². The van der Waals surface area contributed by atoms with E-state index in [0.29, 0.717) is 5.56 Å². The van der Waals surface area contributed by atoms with Gasteiger partial charge in [-0.05, 0) is 30.3 Å². The van der Waals surface area contributed by atoms with Crippen LogP contribution in [0.15, 0.2) is 59.2 Å². The van der Waals surface area contributed by atoms with Crippen LogP contribution in [0.4, 0.5) is 11.5 Å². The first-order valence-corrected chi connectivity index (χ1v) is 7.27.